The largest absolute Gasteiger partial charge is 0.487 e. The Morgan fingerprint density at radius 3 is 2.50 bits per heavy atom. The van der Waals surface area contributed by atoms with E-state index in [1.54, 1.807) is 24.3 Å². The maximum Gasteiger partial charge on any atom is 0.261 e. The first kappa shape index (κ1) is 23.9. The summed E-state index contributed by atoms with van der Waals surface area (Å²) < 4.78 is 36.6. The van der Waals surface area contributed by atoms with Crippen molar-refractivity contribution in [3.05, 3.63) is 53.6 Å². The molecule has 7 nitrogen and oxygen atoms in total. The highest BCUT2D eigenvalue weighted by Crippen LogP contribution is 2.40. The molecule has 0 spiro atoms. The topological polar surface area (TPSA) is 84.9 Å². The molecule has 0 saturated carbocycles. The number of sulfonamides is 1. The number of rotatable bonds is 7. The van der Waals surface area contributed by atoms with Gasteiger partial charge in [0.2, 0.25) is 10.0 Å². The lowest BCUT2D eigenvalue weighted by molar-refractivity contribution is -0.129. The van der Waals surface area contributed by atoms with Gasteiger partial charge in [0.05, 0.1) is 18.0 Å². The van der Waals surface area contributed by atoms with E-state index in [4.69, 9.17) is 9.47 Å². The summed E-state index contributed by atoms with van der Waals surface area (Å²) in [5.41, 5.74) is 2.19. The van der Waals surface area contributed by atoms with Gasteiger partial charge < -0.3 is 14.8 Å². The van der Waals surface area contributed by atoms with Crippen molar-refractivity contribution in [3.8, 4) is 11.5 Å². The zero-order valence-electron chi connectivity index (χ0n) is 19.5. The Bertz CT molecular complexity index is 1080. The summed E-state index contributed by atoms with van der Waals surface area (Å²) in [6.45, 7) is 7.93. The van der Waals surface area contributed by atoms with Gasteiger partial charge in [0.1, 0.15) is 17.1 Å². The van der Waals surface area contributed by atoms with Crippen LogP contribution in [0.4, 0.5) is 5.69 Å². The van der Waals surface area contributed by atoms with Crippen LogP contribution >= 0.6 is 0 Å². The molecule has 3 rings (SSSR count). The molecule has 1 aliphatic heterocycles. The van der Waals surface area contributed by atoms with Crippen LogP contribution in [-0.2, 0) is 14.8 Å². The summed E-state index contributed by atoms with van der Waals surface area (Å²) >= 11 is 0. The van der Waals surface area contributed by atoms with Gasteiger partial charge in [-0.1, -0.05) is 19.1 Å². The van der Waals surface area contributed by atoms with Crippen molar-refractivity contribution in [2.75, 3.05) is 17.6 Å². The van der Waals surface area contributed by atoms with E-state index < -0.39 is 21.7 Å². The fraction of sp³-hybridized carbons (Fsp3) is 0.458. The highest BCUT2D eigenvalue weighted by molar-refractivity contribution is 7.92. The number of anilines is 1. The van der Waals surface area contributed by atoms with Crippen LogP contribution in [0.25, 0.3) is 0 Å². The predicted octanol–water partition coefficient (Wildman–Crippen LogP) is 3.97. The second kappa shape index (κ2) is 9.02. The van der Waals surface area contributed by atoms with Crippen LogP contribution < -0.4 is 19.1 Å². The second-order valence-corrected chi connectivity index (χ2v) is 10.9. The Balaban J connectivity index is 1.73. The molecule has 2 aromatic carbocycles. The molecule has 1 heterocycles. The third kappa shape index (κ3) is 5.54. The summed E-state index contributed by atoms with van der Waals surface area (Å²) in [6.07, 6.45) is 1.61. The minimum atomic E-state index is -3.34. The number of ether oxygens (including phenoxy) is 2. The number of nitrogens with zero attached hydrogens (tertiary/aromatic N) is 1. The smallest absolute Gasteiger partial charge is 0.261 e. The Kier molecular flexibility index (Phi) is 6.74. The number of hydrogen-bond acceptors (Lipinski definition) is 5. The van der Waals surface area contributed by atoms with Gasteiger partial charge in [-0.05, 0) is 63.1 Å². The SMILES string of the molecule is CC[C@H](Oc1ccc(N(C)S(C)(=O)=O)cc1)C(=O)N[C@@H]1CC(C)(C)Oc2cc(C)ccc21. The molecule has 2 aromatic rings. The van der Waals surface area contributed by atoms with Gasteiger partial charge >= 0.3 is 0 Å². The molecule has 0 bridgehead atoms. The van der Waals surface area contributed by atoms with E-state index in [0.717, 1.165) is 23.1 Å². The van der Waals surface area contributed by atoms with Crippen LogP contribution in [0, 0.1) is 6.92 Å². The van der Waals surface area contributed by atoms with Crippen molar-refractivity contribution in [1.82, 2.24) is 5.32 Å². The fourth-order valence-electron chi connectivity index (χ4n) is 3.76. The molecule has 0 aliphatic carbocycles. The van der Waals surface area contributed by atoms with E-state index in [1.807, 2.05) is 45.9 Å². The first-order valence-electron chi connectivity index (χ1n) is 10.7. The molecule has 32 heavy (non-hydrogen) atoms. The van der Waals surface area contributed by atoms with Gasteiger partial charge in [0.25, 0.3) is 5.91 Å². The molecular formula is C24H32N2O5S. The number of nitrogens with one attached hydrogen (secondary N) is 1. The molecule has 0 saturated heterocycles. The van der Waals surface area contributed by atoms with Crippen LogP contribution in [0.15, 0.2) is 42.5 Å². The number of amides is 1. The molecule has 1 N–H and O–H groups in total. The fourth-order valence-corrected chi connectivity index (χ4v) is 4.27. The molecule has 2 atom stereocenters. The number of fused-ring (bicyclic) bond motifs is 1. The summed E-state index contributed by atoms with van der Waals surface area (Å²) in [4.78, 5) is 13.1. The first-order valence-corrected chi connectivity index (χ1v) is 12.5. The lowest BCUT2D eigenvalue weighted by Crippen LogP contribution is -2.45. The Morgan fingerprint density at radius 1 is 1.25 bits per heavy atom. The maximum atomic E-state index is 13.1. The predicted molar refractivity (Wildman–Crippen MR) is 126 cm³/mol. The van der Waals surface area contributed by atoms with Gasteiger partial charge in [-0.3, -0.25) is 9.10 Å². The zero-order chi connectivity index (χ0) is 23.7. The average Bonchev–Trinajstić information content (AvgIpc) is 2.70. The van der Waals surface area contributed by atoms with E-state index >= 15 is 0 Å². The molecule has 1 aliphatic rings. The van der Waals surface area contributed by atoms with Crippen molar-refractivity contribution < 1.29 is 22.7 Å². The van der Waals surface area contributed by atoms with E-state index in [0.29, 0.717) is 24.3 Å². The first-order chi connectivity index (χ1) is 14.9. The quantitative estimate of drug-likeness (QED) is 0.676. The lowest BCUT2D eigenvalue weighted by atomic mass is 9.89. The van der Waals surface area contributed by atoms with Crippen molar-refractivity contribution in [1.29, 1.82) is 0 Å². The summed E-state index contributed by atoms with van der Waals surface area (Å²) in [6, 6.07) is 12.5. The van der Waals surface area contributed by atoms with Crippen LogP contribution in [0.5, 0.6) is 11.5 Å². The molecule has 0 unspecified atom stereocenters. The van der Waals surface area contributed by atoms with Crippen molar-refractivity contribution in [2.24, 2.45) is 0 Å². The van der Waals surface area contributed by atoms with Crippen LogP contribution in [0.3, 0.4) is 0 Å². The molecule has 0 radical (unpaired) electrons. The highest BCUT2D eigenvalue weighted by atomic mass is 32.2. The van der Waals surface area contributed by atoms with E-state index in [9.17, 15) is 13.2 Å². The molecule has 0 aromatic heterocycles. The van der Waals surface area contributed by atoms with Gasteiger partial charge in [-0.15, -0.1) is 0 Å². The zero-order valence-corrected chi connectivity index (χ0v) is 20.3. The number of carbonyl (C=O) groups is 1. The monoisotopic (exact) mass is 460 g/mol. The molecule has 8 heteroatoms. The third-order valence-corrected chi connectivity index (χ3v) is 6.79. The number of carbonyl (C=O) groups excluding carboxylic acids is 1. The highest BCUT2D eigenvalue weighted by Gasteiger charge is 2.35. The van der Waals surface area contributed by atoms with E-state index in [1.165, 1.54) is 11.4 Å². The number of benzene rings is 2. The lowest BCUT2D eigenvalue weighted by Gasteiger charge is -2.38. The Hall–Kier alpha value is -2.74. The van der Waals surface area contributed by atoms with Crippen molar-refractivity contribution >= 4 is 21.6 Å². The van der Waals surface area contributed by atoms with E-state index in [-0.39, 0.29) is 11.9 Å². The number of aryl methyl sites for hydroxylation is 1. The average molecular weight is 461 g/mol. The van der Waals surface area contributed by atoms with Crippen LogP contribution in [-0.4, -0.2) is 39.3 Å². The molecule has 174 valence electrons. The minimum absolute atomic E-state index is 0.176. The Morgan fingerprint density at radius 2 is 1.91 bits per heavy atom. The molecule has 0 fully saturated rings. The van der Waals surface area contributed by atoms with Gasteiger partial charge in [0.15, 0.2) is 6.10 Å². The summed E-state index contributed by atoms with van der Waals surface area (Å²) in [7, 11) is -1.86. The van der Waals surface area contributed by atoms with Crippen LogP contribution in [0.2, 0.25) is 0 Å². The number of hydrogen-bond donors (Lipinski definition) is 1. The van der Waals surface area contributed by atoms with Gasteiger partial charge in [-0.25, -0.2) is 8.42 Å². The van der Waals surface area contributed by atoms with Crippen molar-refractivity contribution in [3.63, 3.8) is 0 Å². The molecule has 1 amide bonds. The minimum Gasteiger partial charge on any atom is -0.487 e. The van der Waals surface area contributed by atoms with Gasteiger partial charge in [-0.2, -0.15) is 0 Å². The summed E-state index contributed by atoms with van der Waals surface area (Å²) in [5.74, 6) is 1.10. The summed E-state index contributed by atoms with van der Waals surface area (Å²) in [5, 5.41) is 3.14. The maximum absolute atomic E-state index is 13.1. The van der Waals surface area contributed by atoms with Crippen LogP contribution in [0.1, 0.15) is 50.8 Å². The normalized spacial score (nSPS) is 18.1. The van der Waals surface area contributed by atoms with Gasteiger partial charge in [0, 0.05) is 19.0 Å². The molecular weight excluding hydrogens is 428 g/mol. The van der Waals surface area contributed by atoms with E-state index in [2.05, 4.69) is 5.32 Å². The van der Waals surface area contributed by atoms with Crippen molar-refractivity contribution in [2.45, 2.75) is 58.3 Å². The Labute approximate surface area is 190 Å². The third-order valence-electron chi connectivity index (χ3n) is 5.58. The second-order valence-electron chi connectivity index (χ2n) is 8.91. The standard InChI is InChI=1S/C24H32N2O5S/c1-7-21(30-18-11-9-17(10-12-18)26(5)32(6,28)29)23(27)25-20-15-24(3,4)31-22-14-16(2)8-13-19(20)22/h8-14,20-21H,7,15H2,1-6H3,(H,25,27)/t20-,21+/m1/s1.